The number of aromatic carboxylic acids is 1. The zero-order valence-electron chi connectivity index (χ0n) is 10.5. The summed E-state index contributed by atoms with van der Waals surface area (Å²) in [5.41, 5.74) is -0.0460. The van der Waals surface area contributed by atoms with Gasteiger partial charge in [-0.3, -0.25) is 4.79 Å². The minimum absolute atomic E-state index is 0.0393. The van der Waals surface area contributed by atoms with Crippen LogP contribution in [0.5, 0.6) is 0 Å². The smallest absolute Gasteiger partial charge is 0.354 e. The second-order valence-electron chi connectivity index (χ2n) is 3.63. The third kappa shape index (κ3) is 3.73. The lowest BCUT2D eigenvalue weighted by Gasteiger charge is -2.18. The molecule has 6 nitrogen and oxygen atoms in total. The zero-order valence-corrected chi connectivity index (χ0v) is 10.5. The molecule has 18 heavy (non-hydrogen) atoms. The fourth-order valence-electron chi connectivity index (χ4n) is 1.51. The summed E-state index contributed by atoms with van der Waals surface area (Å²) < 4.78 is 0. The van der Waals surface area contributed by atoms with Gasteiger partial charge in [-0.05, 0) is 26.0 Å². The van der Waals surface area contributed by atoms with Crippen molar-refractivity contribution in [2.24, 2.45) is 0 Å². The average Bonchev–Trinajstić information content (AvgIpc) is 2.38. The predicted octanol–water partition coefficient (Wildman–Crippen LogP) is 1.06. The third-order valence-electron chi connectivity index (χ3n) is 2.51. The molecule has 2 N–H and O–H groups in total. The van der Waals surface area contributed by atoms with Crippen molar-refractivity contribution in [3.8, 4) is 0 Å². The molecule has 1 heterocycles. The van der Waals surface area contributed by atoms with E-state index in [1.165, 1.54) is 6.07 Å². The van der Waals surface area contributed by atoms with Gasteiger partial charge < -0.3 is 15.3 Å². The normalized spacial score (nSPS) is 9.89. The Morgan fingerprint density at radius 3 is 2.56 bits per heavy atom. The summed E-state index contributed by atoms with van der Waals surface area (Å²) in [5, 5.41) is 11.6. The molecule has 98 valence electrons. The fourth-order valence-corrected chi connectivity index (χ4v) is 1.51. The van der Waals surface area contributed by atoms with Gasteiger partial charge in [0.25, 0.3) is 0 Å². The summed E-state index contributed by atoms with van der Waals surface area (Å²) >= 11 is 0. The van der Waals surface area contributed by atoms with Crippen molar-refractivity contribution in [1.29, 1.82) is 0 Å². The Hall–Kier alpha value is -2.11. The molecule has 0 bridgehead atoms. The molecule has 1 rings (SSSR count). The molecule has 0 fully saturated rings. The number of carbonyl (C=O) groups is 2. The molecule has 0 unspecified atom stereocenters. The van der Waals surface area contributed by atoms with Gasteiger partial charge in [0.15, 0.2) is 5.69 Å². The number of nitrogens with one attached hydrogen (secondary N) is 1. The number of rotatable bonds is 6. The number of hydrogen-bond donors (Lipinski definition) is 2. The summed E-state index contributed by atoms with van der Waals surface area (Å²) in [4.78, 5) is 28.0. The van der Waals surface area contributed by atoms with E-state index in [0.29, 0.717) is 18.9 Å². The van der Waals surface area contributed by atoms with Crippen LogP contribution in [0.25, 0.3) is 0 Å². The number of carboxylic acid groups (broad SMARTS) is 1. The number of carbonyl (C=O) groups excluding carboxylic acids is 1. The van der Waals surface area contributed by atoms with Crippen molar-refractivity contribution in [3.05, 3.63) is 23.9 Å². The maximum atomic E-state index is 11.7. The van der Waals surface area contributed by atoms with Crippen molar-refractivity contribution in [2.45, 2.75) is 13.8 Å². The van der Waals surface area contributed by atoms with Crippen molar-refractivity contribution in [2.75, 3.05) is 25.0 Å². The molecule has 0 aliphatic rings. The Bertz CT molecular complexity index is 430. The van der Waals surface area contributed by atoms with Crippen LogP contribution < -0.4 is 5.32 Å². The van der Waals surface area contributed by atoms with Gasteiger partial charge in [0, 0.05) is 13.1 Å². The minimum atomic E-state index is -1.09. The first-order valence-corrected chi connectivity index (χ1v) is 5.80. The van der Waals surface area contributed by atoms with Crippen LogP contribution >= 0.6 is 0 Å². The van der Waals surface area contributed by atoms with E-state index in [2.05, 4.69) is 10.3 Å². The standard InChI is InChI=1S/C12H17N3O3/c1-3-15(4-2)11(16)8-13-10-7-5-6-9(14-10)12(17)18/h5-7H,3-4,8H2,1-2H3,(H,13,14)(H,17,18). The van der Waals surface area contributed by atoms with Gasteiger partial charge in [-0.25, -0.2) is 9.78 Å². The number of carboxylic acids is 1. The predicted molar refractivity (Wildman–Crippen MR) is 67.6 cm³/mol. The SMILES string of the molecule is CCN(CC)C(=O)CNc1cccc(C(=O)O)n1. The molecule has 6 heteroatoms. The van der Waals surface area contributed by atoms with E-state index in [1.54, 1.807) is 17.0 Å². The van der Waals surface area contributed by atoms with Crippen molar-refractivity contribution in [3.63, 3.8) is 0 Å². The number of nitrogens with zero attached hydrogens (tertiary/aromatic N) is 2. The van der Waals surface area contributed by atoms with Crippen LogP contribution in [0.4, 0.5) is 5.82 Å². The summed E-state index contributed by atoms with van der Waals surface area (Å²) in [5.74, 6) is -0.744. The first kappa shape index (κ1) is 14.0. The topological polar surface area (TPSA) is 82.5 Å². The average molecular weight is 251 g/mol. The van der Waals surface area contributed by atoms with Crippen molar-refractivity contribution >= 4 is 17.7 Å². The minimum Gasteiger partial charge on any atom is -0.477 e. The first-order chi connectivity index (χ1) is 8.58. The van der Waals surface area contributed by atoms with Gasteiger partial charge >= 0.3 is 5.97 Å². The van der Waals surface area contributed by atoms with Crippen LogP contribution in [0.3, 0.4) is 0 Å². The summed E-state index contributed by atoms with van der Waals surface area (Å²) in [7, 11) is 0. The lowest BCUT2D eigenvalue weighted by molar-refractivity contribution is -0.128. The zero-order chi connectivity index (χ0) is 13.5. The van der Waals surface area contributed by atoms with Crippen LogP contribution in [0, 0.1) is 0 Å². The van der Waals surface area contributed by atoms with E-state index in [1.807, 2.05) is 13.8 Å². The number of anilines is 1. The van der Waals surface area contributed by atoms with Gasteiger partial charge in [-0.1, -0.05) is 6.07 Å². The van der Waals surface area contributed by atoms with Crippen molar-refractivity contribution in [1.82, 2.24) is 9.88 Å². The molecule has 1 aromatic rings. The van der Waals surface area contributed by atoms with E-state index in [4.69, 9.17) is 5.11 Å². The lowest BCUT2D eigenvalue weighted by Crippen LogP contribution is -2.35. The van der Waals surface area contributed by atoms with Gasteiger partial charge in [-0.2, -0.15) is 0 Å². The second kappa shape index (κ2) is 6.58. The van der Waals surface area contributed by atoms with E-state index in [0.717, 1.165) is 0 Å². The molecule has 1 aromatic heterocycles. The van der Waals surface area contributed by atoms with Crippen molar-refractivity contribution < 1.29 is 14.7 Å². The van der Waals surface area contributed by atoms with Crippen LogP contribution in [-0.4, -0.2) is 46.5 Å². The molecule has 0 aliphatic carbocycles. The summed E-state index contributed by atoms with van der Waals surface area (Å²) in [6.45, 7) is 5.23. The Balaban J connectivity index is 2.61. The number of amides is 1. The molecular weight excluding hydrogens is 234 g/mol. The maximum Gasteiger partial charge on any atom is 0.354 e. The highest BCUT2D eigenvalue weighted by atomic mass is 16.4. The van der Waals surface area contributed by atoms with Gasteiger partial charge in [-0.15, -0.1) is 0 Å². The van der Waals surface area contributed by atoms with Crippen LogP contribution in [0.15, 0.2) is 18.2 Å². The van der Waals surface area contributed by atoms with Gasteiger partial charge in [0.2, 0.25) is 5.91 Å². The molecule has 0 radical (unpaired) electrons. The highest BCUT2D eigenvalue weighted by Crippen LogP contribution is 2.04. The molecule has 0 spiro atoms. The Morgan fingerprint density at radius 2 is 2.00 bits per heavy atom. The Labute approximate surface area is 106 Å². The summed E-state index contributed by atoms with van der Waals surface area (Å²) in [6, 6.07) is 4.61. The number of pyridine rings is 1. The monoisotopic (exact) mass is 251 g/mol. The third-order valence-corrected chi connectivity index (χ3v) is 2.51. The fraction of sp³-hybridized carbons (Fsp3) is 0.417. The van der Waals surface area contributed by atoms with Crippen LogP contribution in [0.2, 0.25) is 0 Å². The second-order valence-corrected chi connectivity index (χ2v) is 3.63. The van der Waals surface area contributed by atoms with Gasteiger partial charge in [0.05, 0.1) is 6.54 Å². The largest absolute Gasteiger partial charge is 0.477 e. The Kier molecular flexibility index (Phi) is 5.10. The first-order valence-electron chi connectivity index (χ1n) is 5.80. The van der Waals surface area contributed by atoms with E-state index in [9.17, 15) is 9.59 Å². The molecule has 1 amide bonds. The maximum absolute atomic E-state index is 11.7. The Morgan fingerprint density at radius 1 is 1.33 bits per heavy atom. The van der Waals surface area contributed by atoms with Crippen LogP contribution in [-0.2, 0) is 4.79 Å². The molecule has 0 aliphatic heterocycles. The van der Waals surface area contributed by atoms with E-state index in [-0.39, 0.29) is 18.1 Å². The molecule has 0 saturated carbocycles. The number of aromatic nitrogens is 1. The number of hydrogen-bond acceptors (Lipinski definition) is 4. The highest BCUT2D eigenvalue weighted by molar-refractivity contribution is 5.86. The molecule has 0 saturated heterocycles. The highest BCUT2D eigenvalue weighted by Gasteiger charge is 2.10. The molecular formula is C12H17N3O3. The molecule has 0 atom stereocenters. The van der Waals surface area contributed by atoms with E-state index < -0.39 is 5.97 Å². The summed E-state index contributed by atoms with van der Waals surface area (Å²) in [6.07, 6.45) is 0. The number of likely N-dealkylation sites (N-methyl/N-ethyl adjacent to an activating group) is 1. The van der Waals surface area contributed by atoms with E-state index >= 15 is 0 Å². The quantitative estimate of drug-likeness (QED) is 0.790. The van der Waals surface area contributed by atoms with Gasteiger partial charge in [0.1, 0.15) is 5.82 Å². The van der Waals surface area contributed by atoms with Crippen LogP contribution in [0.1, 0.15) is 24.3 Å². The molecule has 0 aromatic carbocycles. The lowest BCUT2D eigenvalue weighted by atomic mass is 10.3.